The van der Waals surface area contributed by atoms with Gasteiger partial charge in [0.25, 0.3) is 0 Å². The molecule has 0 bridgehead atoms. The van der Waals surface area contributed by atoms with Crippen molar-refractivity contribution < 1.29 is 4.79 Å². The van der Waals surface area contributed by atoms with E-state index < -0.39 is 0 Å². The largest absolute Gasteiger partial charge is 0.353 e. The first-order valence-corrected chi connectivity index (χ1v) is 7.72. The summed E-state index contributed by atoms with van der Waals surface area (Å²) in [5.41, 5.74) is 6.25. The lowest BCUT2D eigenvalue weighted by Crippen LogP contribution is -2.44. The molecule has 0 heterocycles. The van der Waals surface area contributed by atoms with Crippen LogP contribution in [0.3, 0.4) is 0 Å². The van der Waals surface area contributed by atoms with E-state index in [-0.39, 0.29) is 17.4 Å². The molecule has 0 aromatic carbocycles. The summed E-state index contributed by atoms with van der Waals surface area (Å²) in [6.45, 7) is 11.0. The van der Waals surface area contributed by atoms with Crippen molar-refractivity contribution in [2.45, 2.75) is 78.8 Å². The van der Waals surface area contributed by atoms with Crippen LogP contribution in [0.4, 0.5) is 0 Å². The van der Waals surface area contributed by atoms with Crippen LogP contribution in [0.2, 0.25) is 0 Å². The molecule has 4 unspecified atom stereocenters. The molecule has 1 fully saturated rings. The minimum atomic E-state index is -0.0298. The highest BCUT2D eigenvalue weighted by Crippen LogP contribution is 2.28. The second-order valence-electron chi connectivity index (χ2n) is 7.80. The molecular weight excluding hydrogens is 236 g/mol. The number of hydrogen-bond donors (Lipinski definition) is 2. The average molecular weight is 268 g/mol. The van der Waals surface area contributed by atoms with Crippen LogP contribution in [0, 0.1) is 17.3 Å². The highest BCUT2D eigenvalue weighted by atomic mass is 16.1. The highest BCUT2D eigenvalue weighted by Gasteiger charge is 2.27. The molecule has 1 aliphatic carbocycles. The summed E-state index contributed by atoms with van der Waals surface area (Å²) in [7, 11) is 0. The fourth-order valence-electron chi connectivity index (χ4n) is 3.24. The normalized spacial score (nSPS) is 29.9. The van der Waals surface area contributed by atoms with Gasteiger partial charge < -0.3 is 11.1 Å². The molecule has 3 N–H and O–H groups in total. The van der Waals surface area contributed by atoms with Gasteiger partial charge in [-0.3, -0.25) is 4.79 Å². The summed E-state index contributed by atoms with van der Waals surface area (Å²) in [5, 5.41) is 3.19. The van der Waals surface area contributed by atoms with E-state index in [4.69, 9.17) is 5.73 Å². The van der Waals surface area contributed by atoms with Gasteiger partial charge in [0.05, 0.1) is 0 Å². The van der Waals surface area contributed by atoms with Gasteiger partial charge in [0, 0.05) is 18.5 Å². The lowest BCUT2D eigenvalue weighted by Gasteiger charge is -2.33. The van der Waals surface area contributed by atoms with Crippen LogP contribution in [0.1, 0.15) is 66.7 Å². The number of rotatable bonds is 4. The number of carbonyl (C=O) groups excluding carboxylic acids is 1. The molecule has 19 heavy (non-hydrogen) atoms. The molecule has 0 radical (unpaired) electrons. The SMILES string of the molecule is CC1CCC(NC(=O)CC(N)CC(C)(C)C)C(C)C1. The number of nitrogens with one attached hydrogen (secondary N) is 1. The summed E-state index contributed by atoms with van der Waals surface area (Å²) in [6.07, 6.45) is 4.90. The molecule has 3 heteroatoms. The van der Waals surface area contributed by atoms with Gasteiger partial charge in [-0.2, -0.15) is 0 Å². The number of amides is 1. The number of carbonyl (C=O) groups is 1. The molecule has 112 valence electrons. The van der Waals surface area contributed by atoms with Crippen molar-refractivity contribution in [3.8, 4) is 0 Å². The van der Waals surface area contributed by atoms with E-state index in [2.05, 4.69) is 39.9 Å². The third-order valence-corrected chi connectivity index (χ3v) is 4.10. The molecule has 0 saturated heterocycles. The first-order chi connectivity index (χ1) is 8.67. The van der Waals surface area contributed by atoms with Crippen LogP contribution in [-0.2, 0) is 4.79 Å². The average Bonchev–Trinajstić information content (AvgIpc) is 2.19. The fourth-order valence-corrected chi connectivity index (χ4v) is 3.24. The van der Waals surface area contributed by atoms with Gasteiger partial charge in [-0.1, -0.05) is 34.6 Å². The molecule has 1 amide bonds. The number of nitrogens with two attached hydrogens (primary N) is 1. The molecule has 3 nitrogen and oxygen atoms in total. The van der Waals surface area contributed by atoms with E-state index in [1.807, 2.05) is 0 Å². The molecule has 0 aliphatic heterocycles. The predicted molar refractivity (Wildman–Crippen MR) is 80.8 cm³/mol. The third-order valence-electron chi connectivity index (χ3n) is 4.10. The Bertz CT molecular complexity index is 296. The Hall–Kier alpha value is -0.570. The van der Waals surface area contributed by atoms with E-state index in [0.29, 0.717) is 18.4 Å². The second kappa shape index (κ2) is 6.74. The van der Waals surface area contributed by atoms with Gasteiger partial charge in [0.15, 0.2) is 0 Å². The van der Waals surface area contributed by atoms with Crippen molar-refractivity contribution in [1.29, 1.82) is 0 Å². The van der Waals surface area contributed by atoms with Gasteiger partial charge >= 0.3 is 0 Å². The Labute approximate surface area is 118 Å². The first-order valence-electron chi connectivity index (χ1n) is 7.72. The minimum Gasteiger partial charge on any atom is -0.353 e. The van der Waals surface area contributed by atoms with Crippen LogP contribution < -0.4 is 11.1 Å². The van der Waals surface area contributed by atoms with Crippen LogP contribution in [0.25, 0.3) is 0 Å². The third kappa shape index (κ3) is 6.42. The van der Waals surface area contributed by atoms with Gasteiger partial charge in [-0.15, -0.1) is 0 Å². The standard InChI is InChI=1S/C16H32N2O/c1-11-6-7-14(12(2)8-11)18-15(19)9-13(17)10-16(3,4)5/h11-14H,6-10,17H2,1-5H3,(H,18,19). The van der Waals surface area contributed by atoms with Crippen LogP contribution in [-0.4, -0.2) is 18.0 Å². The van der Waals surface area contributed by atoms with Gasteiger partial charge in [0.2, 0.25) is 5.91 Å². The maximum absolute atomic E-state index is 12.0. The van der Waals surface area contributed by atoms with Crippen molar-refractivity contribution in [3.63, 3.8) is 0 Å². The topological polar surface area (TPSA) is 55.1 Å². The molecular formula is C16H32N2O. The Kier molecular flexibility index (Phi) is 5.84. The lowest BCUT2D eigenvalue weighted by atomic mass is 9.80. The van der Waals surface area contributed by atoms with Gasteiger partial charge in [-0.25, -0.2) is 0 Å². The molecule has 0 spiro atoms. The monoisotopic (exact) mass is 268 g/mol. The summed E-state index contributed by atoms with van der Waals surface area (Å²) in [5.74, 6) is 1.51. The minimum absolute atomic E-state index is 0.0298. The van der Waals surface area contributed by atoms with E-state index in [9.17, 15) is 4.79 Å². The Morgan fingerprint density at radius 2 is 1.95 bits per heavy atom. The fraction of sp³-hybridized carbons (Fsp3) is 0.938. The summed E-state index contributed by atoms with van der Waals surface area (Å²) in [4.78, 5) is 12.0. The van der Waals surface area contributed by atoms with E-state index in [1.54, 1.807) is 0 Å². The van der Waals surface area contributed by atoms with Crippen molar-refractivity contribution in [2.75, 3.05) is 0 Å². The zero-order chi connectivity index (χ0) is 14.6. The first kappa shape index (κ1) is 16.5. The molecule has 1 rings (SSSR count). The molecule has 0 aromatic rings. The Balaban J connectivity index is 2.35. The van der Waals surface area contributed by atoms with Crippen LogP contribution in [0.5, 0.6) is 0 Å². The summed E-state index contributed by atoms with van der Waals surface area (Å²) < 4.78 is 0. The van der Waals surface area contributed by atoms with Gasteiger partial charge in [0.1, 0.15) is 0 Å². The highest BCUT2D eigenvalue weighted by molar-refractivity contribution is 5.76. The summed E-state index contributed by atoms with van der Waals surface area (Å²) >= 11 is 0. The molecule has 1 aliphatic rings. The second-order valence-corrected chi connectivity index (χ2v) is 7.80. The van der Waals surface area contributed by atoms with E-state index in [0.717, 1.165) is 18.8 Å². The van der Waals surface area contributed by atoms with Crippen LogP contribution in [0.15, 0.2) is 0 Å². The maximum Gasteiger partial charge on any atom is 0.221 e. The Morgan fingerprint density at radius 1 is 1.32 bits per heavy atom. The van der Waals surface area contributed by atoms with Crippen molar-refractivity contribution in [3.05, 3.63) is 0 Å². The summed E-state index contributed by atoms with van der Waals surface area (Å²) in [6, 6.07) is 0.323. The predicted octanol–water partition coefficient (Wildman–Crippen LogP) is 3.08. The zero-order valence-corrected chi connectivity index (χ0v) is 13.3. The van der Waals surface area contributed by atoms with Crippen molar-refractivity contribution in [1.82, 2.24) is 5.32 Å². The van der Waals surface area contributed by atoms with Crippen LogP contribution >= 0.6 is 0 Å². The Morgan fingerprint density at radius 3 is 2.47 bits per heavy atom. The molecule has 1 saturated carbocycles. The van der Waals surface area contributed by atoms with E-state index in [1.165, 1.54) is 12.8 Å². The zero-order valence-electron chi connectivity index (χ0n) is 13.3. The lowest BCUT2D eigenvalue weighted by molar-refractivity contribution is -0.122. The van der Waals surface area contributed by atoms with Crippen molar-refractivity contribution in [2.24, 2.45) is 23.0 Å². The molecule has 4 atom stereocenters. The van der Waals surface area contributed by atoms with Crippen molar-refractivity contribution >= 4 is 5.91 Å². The molecule has 0 aromatic heterocycles. The van der Waals surface area contributed by atoms with Gasteiger partial charge in [-0.05, 0) is 42.9 Å². The smallest absolute Gasteiger partial charge is 0.221 e. The van der Waals surface area contributed by atoms with E-state index >= 15 is 0 Å². The quantitative estimate of drug-likeness (QED) is 0.823. The number of hydrogen-bond acceptors (Lipinski definition) is 2. The maximum atomic E-state index is 12.0.